The highest BCUT2D eigenvalue weighted by atomic mass is 35.5. The number of rotatable bonds is 3. The van der Waals surface area contributed by atoms with Crippen molar-refractivity contribution in [2.24, 2.45) is 0 Å². The van der Waals surface area contributed by atoms with Crippen molar-refractivity contribution in [2.45, 2.75) is 18.9 Å². The van der Waals surface area contributed by atoms with Gasteiger partial charge < -0.3 is 9.84 Å². The van der Waals surface area contributed by atoms with Crippen LogP contribution < -0.4 is 0 Å². The maximum absolute atomic E-state index is 12.0. The van der Waals surface area contributed by atoms with Crippen LogP contribution in [-0.2, 0) is 11.3 Å². The summed E-state index contributed by atoms with van der Waals surface area (Å²) in [5.41, 5.74) is 1.53. The largest absolute Gasteiger partial charge is 0.436 e. The third-order valence-electron chi connectivity index (χ3n) is 3.46. The molecule has 1 aliphatic heterocycles. The van der Waals surface area contributed by atoms with Crippen molar-refractivity contribution in [3.63, 3.8) is 0 Å². The molecule has 1 aliphatic rings. The highest BCUT2D eigenvalue weighted by Crippen LogP contribution is 2.35. The Hall–Kier alpha value is -2.04. The molecular formula is C16H14ClNO3. The molecule has 4 nitrogen and oxygen atoms in total. The second-order valence-corrected chi connectivity index (χ2v) is 5.26. The number of aliphatic hydroxyl groups excluding tert-OH is 1. The fraction of sp³-hybridized carbons (Fsp3) is 0.188. The number of hydrogen-bond acceptors (Lipinski definition) is 3. The normalized spacial score (nSPS) is 21.4. The number of halogens is 1. The van der Waals surface area contributed by atoms with E-state index in [0.717, 1.165) is 5.56 Å². The Balaban J connectivity index is 1.82. The summed E-state index contributed by atoms with van der Waals surface area (Å²) in [6, 6.07) is 16.5. The van der Waals surface area contributed by atoms with Gasteiger partial charge in [0.25, 0.3) is 0 Å². The first-order chi connectivity index (χ1) is 10.2. The number of nitrogens with zero attached hydrogens (tertiary/aromatic N) is 1. The second-order valence-electron chi connectivity index (χ2n) is 4.85. The average Bonchev–Trinajstić information content (AvgIpc) is 2.77. The minimum absolute atomic E-state index is 0.293. The third-order valence-corrected chi connectivity index (χ3v) is 3.80. The molecular weight excluding hydrogens is 290 g/mol. The van der Waals surface area contributed by atoms with Crippen LogP contribution in [0.15, 0.2) is 54.6 Å². The summed E-state index contributed by atoms with van der Waals surface area (Å²) < 4.78 is 5.28. The highest BCUT2D eigenvalue weighted by molar-refractivity contribution is 6.31. The lowest BCUT2D eigenvalue weighted by atomic mass is 10.1. The van der Waals surface area contributed by atoms with Crippen molar-refractivity contribution >= 4 is 17.7 Å². The van der Waals surface area contributed by atoms with Crippen LogP contribution in [0.25, 0.3) is 0 Å². The lowest BCUT2D eigenvalue weighted by Gasteiger charge is -2.20. The molecule has 0 aliphatic carbocycles. The summed E-state index contributed by atoms with van der Waals surface area (Å²) in [6.07, 6.45) is -2.37. The summed E-state index contributed by atoms with van der Waals surface area (Å²) in [4.78, 5) is 13.3. The zero-order valence-electron chi connectivity index (χ0n) is 11.1. The second kappa shape index (κ2) is 5.76. The van der Waals surface area contributed by atoms with Gasteiger partial charge in [-0.1, -0.05) is 60.1 Å². The minimum atomic E-state index is -1.06. The number of cyclic esters (lactones) is 1. The molecule has 21 heavy (non-hydrogen) atoms. The van der Waals surface area contributed by atoms with Crippen molar-refractivity contribution < 1.29 is 14.6 Å². The molecule has 0 radical (unpaired) electrons. The van der Waals surface area contributed by atoms with Gasteiger partial charge in [0, 0.05) is 10.6 Å². The quantitative estimate of drug-likeness (QED) is 0.946. The van der Waals surface area contributed by atoms with E-state index >= 15 is 0 Å². The van der Waals surface area contributed by atoms with Crippen molar-refractivity contribution in [3.05, 3.63) is 70.7 Å². The number of hydrogen-bond donors (Lipinski definition) is 1. The molecule has 0 unspecified atom stereocenters. The molecule has 0 aromatic heterocycles. The van der Waals surface area contributed by atoms with E-state index in [2.05, 4.69) is 0 Å². The Kier molecular flexibility index (Phi) is 3.82. The fourth-order valence-corrected chi connectivity index (χ4v) is 2.62. The Labute approximate surface area is 127 Å². The number of aliphatic hydroxyl groups is 1. The molecule has 3 rings (SSSR count). The predicted molar refractivity (Wildman–Crippen MR) is 78.7 cm³/mol. The minimum Gasteiger partial charge on any atom is -0.436 e. The molecule has 1 saturated heterocycles. The van der Waals surface area contributed by atoms with Crippen LogP contribution in [0.2, 0.25) is 5.02 Å². The Morgan fingerprint density at radius 3 is 2.48 bits per heavy atom. The van der Waals surface area contributed by atoms with E-state index in [0.29, 0.717) is 17.1 Å². The molecule has 2 aromatic carbocycles. The van der Waals surface area contributed by atoms with E-state index in [4.69, 9.17) is 16.3 Å². The predicted octanol–water partition coefficient (Wildman–Crippen LogP) is 3.35. The first-order valence-corrected chi connectivity index (χ1v) is 6.98. The molecule has 1 heterocycles. The van der Waals surface area contributed by atoms with E-state index < -0.39 is 18.4 Å². The fourth-order valence-electron chi connectivity index (χ4n) is 2.38. The third kappa shape index (κ3) is 2.73. The number of amides is 1. The number of carbonyl (C=O) groups excluding carboxylic acids is 1. The van der Waals surface area contributed by atoms with Gasteiger partial charge in [-0.25, -0.2) is 4.79 Å². The van der Waals surface area contributed by atoms with Gasteiger partial charge in [0.2, 0.25) is 0 Å². The Bertz CT molecular complexity index is 647. The van der Waals surface area contributed by atoms with Gasteiger partial charge >= 0.3 is 6.09 Å². The van der Waals surface area contributed by atoms with Gasteiger partial charge in [0.1, 0.15) is 0 Å². The van der Waals surface area contributed by atoms with Gasteiger partial charge in [-0.15, -0.1) is 0 Å². The molecule has 1 N–H and O–H groups in total. The van der Waals surface area contributed by atoms with Gasteiger partial charge in [0.15, 0.2) is 12.3 Å². The standard InChI is InChI=1S/C16H14ClNO3/c17-13-9-5-4-8-12(13)14-15(19)18(16(20)21-14)10-11-6-2-1-3-7-11/h1-9,14-15,19H,10H2/t14-,15+/m1/s1. The summed E-state index contributed by atoms with van der Waals surface area (Å²) >= 11 is 6.10. The van der Waals surface area contributed by atoms with Crippen molar-refractivity contribution in [3.8, 4) is 0 Å². The van der Waals surface area contributed by atoms with Crippen LogP contribution in [0, 0.1) is 0 Å². The van der Waals surface area contributed by atoms with Gasteiger partial charge in [-0.05, 0) is 11.6 Å². The smallest absolute Gasteiger partial charge is 0.413 e. The average molecular weight is 304 g/mol. The summed E-state index contributed by atoms with van der Waals surface area (Å²) in [7, 11) is 0. The molecule has 0 saturated carbocycles. The first kappa shape index (κ1) is 13.9. The maximum Gasteiger partial charge on any atom is 0.413 e. The molecule has 108 valence electrons. The molecule has 0 bridgehead atoms. The summed E-state index contributed by atoms with van der Waals surface area (Å²) in [5.74, 6) is 0. The van der Waals surface area contributed by atoms with Crippen molar-refractivity contribution in [1.82, 2.24) is 4.90 Å². The van der Waals surface area contributed by atoms with E-state index in [1.807, 2.05) is 30.3 Å². The first-order valence-electron chi connectivity index (χ1n) is 6.60. The summed E-state index contributed by atoms with van der Waals surface area (Å²) in [6.45, 7) is 0.293. The molecule has 2 atom stereocenters. The zero-order valence-corrected chi connectivity index (χ0v) is 11.9. The number of ether oxygens (including phenoxy) is 1. The topological polar surface area (TPSA) is 49.8 Å². The van der Waals surface area contributed by atoms with Crippen molar-refractivity contribution in [2.75, 3.05) is 0 Å². The molecule has 1 fully saturated rings. The Morgan fingerprint density at radius 2 is 1.76 bits per heavy atom. The van der Waals surface area contributed by atoms with E-state index in [9.17, 15) is 9.90 Å². The lowest BCUT2D eigenvalue weighted by molar-refractivity contribution is 0.0106. The van der Waals surface area contributed by atoms with Crippen LogP contribution in [0.4, 0.5) is 4.79 Å². The van der Waals surface area contributed by atoms with Crippen LogP contribution in [0.3, 0.4) is 0 Å². The molecule has 1 amide bonds. The molecule has 5 heteroatoms. The van der Waals surface area contributed by atoms with Crippen LogP contribution in [-0.4, -0.2) is 22.3 Å². The van der Waals surface area contributed by atoms with Gasteiger partial charge in [-0.3, -0.25) is 4.90 Å². The SMILES string of the molecule is O=C1O[C@H](c2ccccc2Cl)[C@H](O)N1Cc1ccccc1. The lowest BCUT2D eigenvalue weighted by Crippen LogP contribution is -2.33. The summed E-state index contributed by atoms with van der Waals surface area (Å²) in [5, 5.41) is 10.8. The van der Waals surface area contributed by atoms with E-state index in [-0.39, 0.29) is 0 Å². The van der Waals surface area contributed by atoms with E-state index in [1.54, 1.807) is 24.3 Å². The van der Waals surface area contributed by atoms with Gasteiger partial charge in [0.05, 0.1) is 6.54 Å². The maximum atomic E-state index is 12.0. The van der Waals surface area contributed by atoms with E-state index in [1.165, 1.54) is 4.90 Å². The van der Waals surface area contributed by atoms with Gasteiger partial charge in [-0.2, -0.15) is 0 Å². The molecule has 0 spiro atoms. The number of benzene rings is 2. The Morgan fingerprint density at radius 1 is 1.10 bits per heavy atom. The number of carbonyl (C=O) groups is 1. The zero-order chi connectivity index (χ0) is 14.8. The van der Waals surface area contributed by atoms with Crippen molar-refractivity contribution in [1.29, 1.82) is 0 Å². The van der Waals surface area contributed by atoms with Crippen LogP contribution in [0.5, 0.6) is 0 Å². The molecule has 2 aromatic rings. The van der Waals surface area contributed by atoms with Crippen LogP contribution in [0.1, 0.15) is 17.2 Å². The monoisotopic (exact) mass is 303 g/mol. The van der Waals surface area contributed by atoms with Crippen LogP contribution >= 0.6 is 11.6 Å². The highest BCUT2D eigenvalue weighted by Gasteiger charge is 2.42.